The van der Waals surface area contributed by atoms with Gasteiger partial charge >= 0.3 is 0 Å². The predicted molar refractivity (Wildman–Crippen MR) is 143 cm³/mol. The van der Waals surface area contributed by atoms with Crippen LogP contribution in [0, 0.1) is 0 Å². The largest absolute Gasteiger partial charge is 0.481 e. The number of hydrogen-bond acceptors (Lipinski definition) is 8. The van der Waals surface area contributed by atoms with Crippen LogP contribution >= 0.6 is 23.5 Å². The standard InChI is InChI=1S/C24H26ClN5OS.CH5N/c1-31-23-18(13-14-22(29-23)30-32-21-10-6-5-9-20(21)25)12-11-17-15-26-24(27-16-17)28-19-7-3-2-4-8-19;1-2/h5-6,9-16,19H,2-4,7-8H2,1H3,(H,29,30)(H,26,27,28);2H2,1H3/b12-11+;. The summed E-state index contributed by atoms with van der Waals surface area (Å²) in [5.41, 5.74) is 6.28. The molecule has 34 heavy (non-hydrogen) atoms. The highest BCUT2D eigenvalue weighted by Gasteiger charge is 2.13. The van der Waals surface area contributed by atoms with Gasteiger partial charge in [-0.2, -0.15) is 4.98 Å². The lowest BCUT2D eigenvalue weighted by Gasteiger charge is -2.22. The van der Waals surface area contributed by atoms with Gasteiger partial charge in [-0.25, -0.2) is 9.97 Å². The molecule has 1 fully saturated rings. The number of rotatable bonds is 8. The van der Waals surface area contributed by atoms with Crippen molar-refractivity contribution >= 4 is 47.5 Å². The van der Waals surface area contributed by atoms with Gasteiger partial charge in [0.2, 0.25) is 11.8 Å². The Bertz CT molecular complexity index is 1060. The third kappa shape index (κ3) is 7.62. The van der Waals surface area contributed by atoms with Gasteiger partial charge in [-0.1, -0.05) is 49.1 Å². The first-order valence-corrected chi connectivity index (χ1v) is 12.5. The Hall–Kier alpha value is -2.81. The third-order valence-corrected chi connectivity index (χ3v) is 6.58. The van der Waals surface area contributed by atoms with Crippen molar-refractivity contribution in [2.75, 3.05) is 24.2 Å². The van der Waals surface area contributed by atoms with E-state index < -0.39 is 0 Å². The van der Waals surface area contributed by atoms with Crippen LogP contribution in [0.3, 0.4) is 0 Å². The molecule has 0 aliphatic heterocycles. The summed E-state index contributed by atoms with van der Waals surface area (Å²) in [5, 5.41) is 4.13. The average Bonchev–Trinajstić information content (AvgIpc) is 2.90. The lowest BCUT2D eigenvalue weighted by atomic mass is 9.96. The first-order chi connectivity index (χ1) is 16.7. The Morgan fingerprint density at radius 1 is 1.03 bits per heavy atom. The maximum atomic E-state index is 6.20. The predicted octanol–water partition coefficient (Wildman–Crippen LogP) is 6.14. The summed E-state index contributed by atoms with van der Waals surface area (Å²) in [6, 6.07) is 12.0. The topological polar surface area (TPSA) is 98.0 Å². The van der Waals surface area contributed by atoms with E-state index in [1.807, 2.05) is 60.9 Å². The summed E-state index contributed by atoms with van der Waals surface area (Å²) in [6.07, 6.45) is 13.8. The fourth-order valence-electron chi connectivity index (χ4n) is 3.55. The molecule has 1 aliphatic rings. The summed E-state index contributed by atoms with van der Waals surface area (Å²) >= 11 is 7.61. The number of pyridine rings is 1. The summed E-state index contributed by atoms with van der Waals surface area (Å²) in [4.78, 5) is 14.4. The second kappa shape index (κ2) is 13.8. The van der Waals surface area contributed by atoms with E-state index in [2.05, 4.69) is 30.7 Å². The second-order valence-electron chi connectivity index (χ2n) is 7.58. The SMILES string of the molecule is CN.COc1nc(NSc2ccccc2Cl)ccc1/C=C/c1cnc(NC2CCCCC2)nc1. The lowest BCUT2D eigenvalue weighted by Crippen LogP contribution is -2.23. The molecule has 1 aromatic carbocycles. The van der Waals surface area contributed by atoms with Crippen LogP contribution in [0.4, 0.5) is 11.8 Å². The van der Waals surface area contributed by atoms with Crippen molar-refractivity contribution < 1.29 is 4.74 Å². The van der Waals surface area contributed by atoms with Crippen molar-refractivity contribution in [2.45, 2.75) is 43.0 Å². The Kier molecular flexibility index (Phi) is 10.5. The highest BCUT2D eigenvalue weighted by Crippen LogP contribution is 2.29. The minimum atomic E-state index is 0.490. The molecule has 0 saturated heterocycles. The number of ether oxygens (including phenoxy) is 1. The van der Waals surface area contributed by atoms with Gasteiger partial charge in [0.25, 0.3) is 0 Å². The molecule has 2 heterocycles. The Morgan fingerprint density at radius 3 is 2.47 bits per heavy atom. The van der Waals surface area contributed by atoms with Crippen molar-refractivity contribution in [3.8, 4) is 5.88 Å². The van der Waals surface area contributed by atoms with Crippen LogP contribution in [-0.4, -0.2) is 35.2 Å². The third-order valence-electron chi connectivity index (χ3n) is 5.25. The minimum absolute atomic E-state index is 0.490. The van der Waals surface area contributed by atoms with E-state index in [4.69, 9.17) is 16.3 Å². The number of halogens is 1. The molecule has 0 unspecified atom stereocenters. The van der Waals surface area contributed by atoms with E-state index in [0.717, 1.165) is 16.0 Å². The molecule has 1 aliphatic carbocycles. The van der Waals surface area contributed by atoms with E-state index in [9.17, 15) is 0 Å². The van der Waals surface area contributed by atoms with E-state index in [0.29, 0.717) is 28.7 Å². The maximum Gasteiger partial charge on any atom is 0.222 e. The number of benzene rings is 1. The first-order valence-electron chi connectivity index (χ1n) is 11.3. The van der Waals surface area contributed by atoms with Gasteiger partial charge < -0.3 is 20.5 Å². The zero-order valence-electron chi connectivity index (χ0n) is 19.5. The van der Waals surface area contributed by atoms with Crippen LogP contribution in [0.2, 0.25) is 5.02 Å². The summed E-state index contributed by atoms with van der Waals surface area (Å²) < 4.78 is 8.68. The Balaban J connectivity index is 0.00000158. The zero-order valence-corrected chi connectivity index (χ0v) is 21.1. The molecule has 0 amide bonds. The molecular formula is C25H31ClN6OS. The van der Waals surface area contributed by atoms with E-state index in [1.165, 1.54) is 51.1 Å². The molecule has 180 valence electrons. The van der Waals surface area contributed by atoms with Crippen molar-refractivity contribution in [1.29, 1.82) is 0 Å². The molecule has 4 N–H and O–H groups in total. The Morgan fingerprint density at radius 2 is 1.76 bits per heavy atom. The number of methoxy groups -OCH3 is 1. The van der Waals surface area contributed by atoms with E-state index in [1.54, 1.807) is 7.11 Å². The van der Waals surface area contributed by atoms with Gasteiger partial charge in [-0.3, -0.25) is 0 Å². The van der Waals surface area contributed by atoms with E-state index >= 15 is 0 Å². The summed E-state index contributed by atoms with van der Waals surface area (Å²) in [6.45, 7) is 0. The van der Waals surface area contributed by atoms with Crippen LogP contribution in [0.25, 0.3) is 12.2 Å². The number of anilines is 2. The molecule has 0 spiro atoms. The Labute approximate surface area is 210 Å². The molecule has 9 heteroatoms. The van der Waals surface area contributed by atoms with E-state index in [-0.39, 0.29) is 0 Å². The van der Waals surface area contributed by atoms with Crippen LogP contribution in [0.15, 0.2) is 53.7 Å². The molecule has 7 nitrogen and oxygen atoms in total. The normalized spacial score (nSPS) is 13.8. The number of aromatic nitrogens is 3. The smallest absolute Gasteiger partial charge is 0.222 e. The quantitative estimate of drug-likeness (QED) is 0.318. The van der Waals surface area contributed by atoms with Gasteiger partial charge in [0.1, 0.15) is 5.82 Å². The molecule has 0 bridgehead atoms. The van der Waals surface area contributed by atoms with Crippen LogP contribution < -0.4 is 20.5 Å². The fourth-order valence-corrected chi connectivity index (χ4v) is 4.44. The number of nitrogens with zero attached hydrogens (tertiary/aromatic N) is 3. The van der Waals surface area contributed by atoms with Crippen molar-refractivity contribution in [2.24, 2.45) is 5.73 Å². The first kappa shape index (κ1) is 25.8. The van der Waals surface area contributed by atoms with Crippen molar-refractivity contribution in [3.63, 3.8) is 0 Å². The van der Waals surface area contributed by atoms with Gasteiger partial charge in [-0.15, -0.1) is 0 Å². The molecule has 2 aromatic heterocycles. The van der Waals surface area contributed by atoms with Crippen molar-refractivity contribution in [3.05, 3.63) is 64.9 Å². The highest BCUT2D eigenvalue weighted by molar-refractivity contribution is 8.00. The average molecular weight is 499 g/mol. The van der Waals surface area contributed by atoms with Crippen molar-refractivity contribution in [1.82, 2.24) is 15.0 Å². The fraction of sp³-hybridized carbons (Fsp3) is 0.320. The van der Waals surface area contributed by atoms with Gasteiger partial charge in [-0.05, 0) is 62.2 Å². The molecule has 1 saturated carbocycles. The molecule has 0 radical (unpaired) electrons. The second-order valence-corrected chi connectivity index (χ2v) is 8.84. The van der Waals surface area contributed by atoms with Gasteiger partial charge in [0.15, 0.2) is 0 Å². The summed E-state index contributed by atoms with van der Waals surface area (Å²) in [7, 11) is 3.11. The minimum Gasteiger partial charge on any atom is -0.481 e. The lowest BCUT2D eigenvalue weighted by molar-refractivity contribution is 0.397. The highest BCUT2D eigenvalue weighted by atomic mass is 35.5. The van der Waals surface area contributed by atoms with Crippen LogP contribution in [-0.2, 0) is 0 Å². The molecule has 0 atom stereocenters. The van der Waals surface area contributed by atoms with Crippen LogP contribution in [0.1, 0.15) is 43.2 Å². The maximum absolute atomic E-state index is 6.20. The van der Waals surface area contributed by atoms with Crippen LogP contribution in [0.5, 0.6) is 5.88 Å². The van der Waals surface area contributed by atoms with Gasteiger partial charge in [0, 0.05) is 34.5 Å². The number of hydrogen-bond donors (Lipinski definition) is 3. The molecule has 4 rings (SSSR count). The molecular weight excluding hydrogens is 468 g/mol. The number of nitrogens with one attached hydrogen (secondary N) is 2. The zero-order chi connectivity index (χ0) is 24.2. The summed E-state index contributed by atoms with van der Waals surface area (Å²) in [5.74, 6) is 1.91. The number of nitrogens with two attached hydrogens (primary N) is 1. The molecule has 3 aromatic rings. The van der Waals surface area contributed by atoms with Gasteiger partial charge in [0.05, 0.1) is 12.1 Å². The monoisotopic (exact) mass is 498 g/mol.